The highest BCUT2D eigenvalue weighted by Crippen LogP contribution is 2.34. The average molecular weight is 352 g/mol. The molecule has 0 spiro atoms. The van der Waals surface area contributed by atoms with Gasteiger partial charge >= 0.3 is 0 Å². The predicted octanol–water partition coefficient (Wildman–Crippen LogP) is 2.85. The topological polar surface area (TPSA) is 93.6 Å². The standard InChI is InChI=1S/C19H16N2O5/c1-11(12-4-7-16-17(9-12)26-10-25-16)20-18(22)13-5-6-14(21-19(13)23)15-3-2-8-24-15/h2-9,11H,10H2,1H3,(H,20,22)(H,21,23)/t11-/m0/s1. The van der Waals surface area contributed by atoms with Crippen LogP contribution in [-0.2, 0) is 0 Å². The third-order valence-electron chi connectivity index (χ3n) is 4.18. The van der Waals surface area contributed by atoms with Gasteiger partial charge in [0.1, 0.15) is 11.3 Å². The van der Waals surface area contributed by atoms with Gasteiger partial charge in [0.2, 0.25) is 6.79 Å². The Morgan fingerprint density at radius 3 is 2.77 bits per heavy atom. The number of carbonyl (C=O) groups excluding carboxylic acids is 1. The van der Waals surface area contributed by atoms with Crippen LogP contribution in [0.15, 0.2) is 57.9 Å². The molecule has 2 aromatic heterocycles. The molecule has 1 aliphatic heterocycles. The summed E-state index contributed by atoms with van der Waals surface area (Å²) in [6, 6.07) is 11.7. The van der Waals surface area contributed by atoms with Gasteiger partial charge in [0.25, 0.3) is 11.5 Å². The molecule has 1 amide bonds. The van der Waals surface area contributed by atoms with Crippen LogP contribution in [0.4, 0.5) is 0 Å². The maximum atomic E-state index is 12.5. The Bertz CT molecular complexity index is 1010. The highest BCUT2D eigenvalue weighted by molar-refractivity contribution is 5.94. The van der Waals surface area contributed by atoms with Crippen molar-refractivity contribution in [2.75, 3.05) is 6.79 Å². The monoisotopic (exact) mass is 352 g/mol. The molecule has 0 aliphatic carbocycles. The number of aromatic nitrogens is 1. The Hall–Kier alpha value is -3.48. The van der Waals surface area contributed by atoms with E-state index in [1.54, 1.807) is 24.3 Å². The van der Waals surface area contributed by atoms with Crippen molar-refractivity contribution in [3.8, 4) is 23.0 Å². The maximum Gasteiger partial charge on any atom is 0.261 e. The molecule has 132 valence electrons. The molecule has 3 aromatic rings. The van der Waals surface area contributed by atoms with E-state index in [0.717, 1.165) is 5.56 Å². The number of hydrogen-bond donors (Lipinski definition) is 2. The van der Waals surface area contributed by atoms with Gasteiger partial charge in [-0.25, -0.2) is 0 Å². The fourth-order valence-electron chi connectivity index (χ4n) is 2.77. The number of carbonyl (C=O) groups is 1. The number of fused-ring (bicyclic) bond motifs is 1. The molecule has 7 heteroatoms. The zero-order valence-corrected chi connectivity index (χ0v) is 13.9. The molecule has 1 atom stereocenters. The van der Waals surface area contributed by atoms with Crippen LogP contribution >= 0.6 is 0 Å². The van der Waals surface area contributed by atoms with E-state index in [0.29, 0.717) is 23.0 Å². The first kappa shape index (κ1) is 16.0. The number of furan rings is 1. The number of nitrogens with one attached hydrogen (secondary N) is 2. The molecule has 0 saturated carbocycles. The van der Waals surface area contributed by atoms with E-state index < -0.39 is 11.5 Å². The van der Waals surface area contributed by atoms with Crippen LogP contribution in [0.1, 0.15) is 28.9 Å². The van der Waals surface area contributed by atoms with Gasteiger partial charge in [0, 0.05) is 0 Å². The van der Waals surface area contributed by atoms with Gasteiger partial charge in [-0.1, -0.05) is 6.07 Å². The first-order chi connectivity index (χ1) is 12.6. The fraction of sp³-hybridized carbons (Fsp3) is 0.158. The lowest BCUT2D eigenvalue weighted by Gasteiger charge is -2.14. The summed E-state index contributed by atoms with van der Waals surface area (Å²) in [5.41, 5.74) is 0.925. The second-order valence-electron chi connectivity index (χ2n) is 5.90. The summed E-state index contributed by atoms with van der Waals surface area (Å²) in [5.74, 6) is 1.40. The van der Waals surface area contributed by atoms with E-state index >= 15 is 0 Å². The minimum atomic E-state index is -0.478. The zero-order valence-electron chi connectivity index (χ0n) is 13.9. The highest BCUT2D eigenvalue weighted by Gasteiger charge is 2.19. The van der Waals surface area contributed by atoms with Crippen molar-refractivity contribution >= 4 is 5.91 Å². The summed E-state index contributed by atoms with van der Waals surface area (Å²) < 4.78 is 15.9. The first-order valence-electron chi connectivity index (χ1n) is 8.09. The lowest BCUT2D eigenvalue weighted by atomic mass is 10.1. The van der Waals surface area contributed by atoms with E-state index in [1.807, 2.05) is 19.1 Å². The molecule has 0 radical (unpaired) electrons. The molecule has 26 heavy (non-hydrogen) atoms. The SMILES string of the molecule is C[C@H](NC(=O)c1ccc(-c2ccco2)[nH]c1=O)c1ccc2c(c1)OCO2. The molecule has 1 aliphatic rings. The van der Waals surface area contributed by atoms with Crippen LogP contribution in [-0.4, -0.2) is 17.7 Å². The number of aromatic amines is 1. The minimum Gasteiger partial charge on any atom is -0.463 e. The largest absolute Gasteiger partial charge is 0.463 e. The third-order valence-corrected chi connectivity index (χ3v) is 4.18. The molecule has 0 unspecified atom stereocenters. The molecule has 2 N–H and O–H groups in total. The molecule has 4 rings (SSSR count). The van der Waals surface area contributed by atoms with Gasteiger partial charge in [-0.2, -0.15) is 0 Å². The van der Waals surface area contributed by atoms with E-state index in [2.05, 4.69) is 10.3 Å². The molecule has 1 aromatic carbocycles. The molecule has 0 saturated heterocycles. The predicted molar refractivity (Wildman–Crippen MR) is 93.2 cm³/mol. The molecule has 7 nitrogen and oxygen atoms in total. The Balaban J connectivity index is 1.52. The normalized spacial score (nSPS) is 13.4. The number of amides is 1. The van der Waals surface area contributed by atoms with Crippen molar-refractivity contribution in [1.29, 1.82) is 0 Å². The summed E-state index contributed by atoms with van der Waals surface area (Å²) in [6.07, 6.45) is 1.52. The van der Waals surface area contributed by atoms with Gasteiger partial charge in [-0.15, -0.1) is 0 Å². The van der Waals surface area contributed by atoms with Gasteiger partial charge in [-0.3, -0.25) is 9.59 Å². The number of pyridine rings is 1. The molecule has 0 bridgehead atoms. The molecule has 3 heterocycles. The molecular formula is C19H16N2O5. The van der Waals surface area contributed by atoms with Crippen LogP contribution in [0, 0.1) is 0 Å². The summed E-state index contributed by atoms with van der Waals surface area (Å²) in [4.78, 5) is 27.4. The Morgan fingerprint density at radius 2 is 2.00 bits per heavy atom. The van der Waals surface area contributed by atoms with Crippen molar-refractivity contribution in [2.24, 2.45) is 0 Å². The van der Waals surface area contributed by atoms with Gasteiger partial charge in [-0.05, 0) is 48.9 Å². The van der Waals surface area contributed by atoms with E-state index in [-0.39, 0.29) is 18.4 Å². The smallest absolute Gasteiger partial charge is 0.261 e. The van der Waals surface area contributed by atoms with Crippen LogP contribution in [0.5, 0.6) is 11.5 Å². The summed E-state index contributed by atoms with van der Waals surface area (Å²) in [5, 5.41) is 2.82. The second kappa shape index (κ2) is 6.44. The highest BCUT2D eigenvalue weighted by atomic mass is 16.7. The number of hydrogen-bond acceptors (Lipinski definition) is 5. The fourth-order valence-corrected chi connectivity index (χ4v) is 2.77. The minimum absolute atomic E-state index is 0.0351. The number of rotatable bonds is 4. The van der Waals surface area contributed by atoms with Gasteiger partial charge < -0.3 is 24.2 Å². The van der Waals surface area contributed by atoms with Crippen LogP contribution in [0.25, 0.3) is 11.5 Å². The Kier molecular flexibility index (Phi) is 3.96. The van der Waals surface area contributed by atoms with Crippen molar-refractivity contribution in [3.05, 3.63) is 70.2 Å². The number of benzene rings is 1. The van der Waals surface area contributed by atoms with E-state index in [4.69, 9.17) is 13.9 Å². The van der Waals surface area contributed by atoms with Crippen molar-refractivity contribution in [2.45, 2.75) is 13.0 Å². The Morgan fingerprint density at radius 1 is 1.15 bits per heavy atom. The van der Waals surface area contributed by atoms with E-state index in [1.165, 1.54) is 12.3 Å². The summed E-state index contributed by atoms with van der Waals surface area (Å²) in [7, 11) is 0. The Labute approximate surface area is 148 Å². The lowest BCUT2D eigenvalue weighted by molar-refractivity contribution is 0.0938. The summed E-state index contributed by atoms with van der Waals surface area (Å²) in [6.45, 7) is 2.03. The van der Waals surface area contributed by atoms with E-state index in [9.17, 15) is 9.59 Å². The maximum absolute atomic E-state index is 12.5. The van der Waals surface area contributed by atoms with Crippen molar-refractivity contribution < 1.29 is 18.7 Å². The first-order valence-corrected chi connectivity index (χ1v) is 8.09. The van der Waals surface area contributed by atoms with Gasteiger partial charge in [0.05, 0.1) is 18.0 Å². The lowest BCUT2D eigenvalue weighted by Crippen LogP contribution is -2.31. The number of H-pyrrole nitrogens is 1. The van der Waals surface area contributed by atoms with Crippen molar-refractivity contribution in [1.82, 2.24) is 10.3 Å². The second-order valence-corrected chi connectivity index (χ2v) is 5.90. The van der Waals surface area contributed by atoms with Crippen LogP contribution in [0.2, 0.25) is 0 Å². The van der Waals surface area contributed by atoms with Crippen LogP contribution in [0.3, 0.4) is 0 Å². The molecular weight excluding hydrogens is 336 g/mol. The summed E-state index contributed by atoms with van der Waals surface area (Å²) >= 11 is 0. The molecule has 0 fully saturated rings. The third kappa shape index (κ3) is 2.95. The average Bonchev–Trinajstić information content (AvgIpc) is 3.32. The van der Waals surface area contributed by atoms with Crippen molar-refractivity contribution in [3.63, 3.8) is 0 Å². The number of ether oxygens (including phenoxy) is 2. The quantitative estimate of drug-likeness (QED) is 0.753. The van der Waals surface area contributed by atoms with Gasteiger partial charge in [0.15, 0.2) is 11.5 Å². The van der Waals surface area contributed by atoms with Crippen LogP contribution < -0.4 is 20.3 Å². The zero-order chi connectivity index (χ0) is 18.1.